The van der Waals surface area contributed by atoms with E-state index < -0.39 is 29.4 Å². The van der Waals surface area contributed by atoms with Crippen molar-refractivity contribution in [1.29, 1.82) is 0 Å². The zero-order valence-corrected chi connectivity index (χ0v) is 15.3. The summed E-state index contributed by atoms with van der Waals surface area (Å²) >= 11 is 0. The number of nitrogens with zero attached hydrogens (tertiary/aromatic N) is 1. The van der Waals surface area contributed by atoms with Crippen molar-refractivity contribution in [3.05, 3.63) is 41.7 Å². The molecule has 5 nitrogen and oxygen atoms in total. The van der Waals surface area contributed by atoms with Gasteiger partial charge in [-0.1, -0.05) is 70.9 Å². The molecule has 1 aliphatic rings. The lowest BCUT2D eigenvalue weighted by Crippen LogP contribution is -2.52. The molecule has 1 aliphatic heterocycles. The Morgan fingerprint density at radius 1 is 1.24 bits per heavy atom. The summed E-state index contributed by atoms with van der Waals surface area (Å²) in [7, 11) is 0. The number of carbonyl (C=O) groups is 2. The number of amides is 1. The number of aliphatic hydroxyl groups excluding tert-OH is 1. The SMILES string of the molecule is CCCCC(C(=O)O)N1C(=O)C(O)=C(c2ccccc2)C1C(C)(C)C. The van der Waals surface area contributed by atoms with E-state index in [-0.39, 0.29) is 5.76 Å². The molecule has 0 spiro atoms. The van der Waals surface area contributed by atoms with Gasteiger partial charge in [-0.15, -0.1) is 0 Å². The summed E-state index contributed by atoms with van der Waals surface area (Å²) in [6.45, 7) is 7.85. The van der Waals surface area contributed by atoms with Crippen molar-refractivity contribution in [2.75, 3.05) is 0 Å². The van der Waals surface area contributed by atoms with Gasteiger partial charge in [-0.2, -0.15) is 0 Å². The lowest BCUT2D eigenvalue weighted by molar-refractivity contribution is -0.151. The first kappa shape index (κ1) is 19.0. The second kappa shape index (κ2) is 7.30. The molecule has 1 amide bonds. The first-order valence-electron chi connectivity index (χ1n) is 8.74. The molecule has 1 aromatic carbocycles. The number of benzene rings is 1. The van der Waals surface area contributed by atoms with Gasteiger partial charge in [0.15, 0.2) is 5.76 Å². The smallest absolute Gasteiger partial charge is 0.326 e. The van der Waals surface area contributed by atoms with Crippen LogP contribution in [0.15, 0.2) is 36.1 Å². The molecular formula is C20H27NO4. The maximum atomic E-state index is 12.8. The van der Waals surface area contributed by atoms with Gasteiger partial charge in [-0.3, -0.25) is 4.79 Å². The molecule has 2 unspecified atom stereocenters. The highest BCUT2D eigenvalue weighted by Gasteiger charge is 2.49. The number of carbonyl (C=O) groups excluding carboxylic acids is 1. The first-order chi connectivity index (χ1) is 11.7. The van der Waals surface area contributed by atoms with Gasteiger partial charge in [0.1, 0.15) is 6.04 Å². The van der Waals surface area contributed by atoms with Crippen LogP contribution in [-0.4, -0.2) is 39.1 Å². The van der Waals surface area contributed by atoms with Crippen LogP contribution < -0.4 is 0 Å². The van der Waals surface area contributed by atoms with Gasteiger partial charge in [0.25, 0.3) is 5.91 Å². The van der Waals surface area contributed by atoms with Crippen molar-refractivity contribution >= 4 is 17.4 Å². The minimum absolute atomic E-state index is 0.339. The quantitative estimate of drug-likeness (QED) is 0.821. The number of unbranched alkanes of at least 4 members (excludes halogenated alkanes) is 1. The van der Waals surface area contributed by atoms with Crippen molar-refractivity contribution < 1.29 is 19.8 Å². The van der Waals surface area contributed by atoms with Gasteiger partial charge in [-0.05, 0) is 17.4 Å². The maximum absolute atomic E-state index is 12.8. The van der Waals surface area contributed by atoms with Crippen LogP contribution >= 0.6 is 0 Å². The van der Waals surface area contributed by atoms with Gasteiger partial charge in [0.05, 0.1) is 6.04 Å². The Morgan fingerprint density at radius 2 is 1.84 bits per heavy atom. The van der Waals surface area contributed by atoms with Crippen LogP contribution in [0.2, 0.25) is 0 Å². The second-order valence-corrected chi connectivity index (χ2v) is 7.61. The van der Waals surface area contributed by atoms with Crippen LogP contribution in [0.5, 0.6) is 0 Å². The molecule has 5 heteroatoms. The summed E-state index contributed by atoms with van der Waals surface area (Å²) in [5.74, 6) is -1.96. The van der Waals surface area contributed by atoms with Crippen molar-refractivity contribution in [2.24, 2.45) is 5.41 Å². The van der Waals surface area contributed by atoms with E-state index >= 15 is 0 Å². The Balaban J connectivity index is 2.55. The number of carboxylic acids is 1. The van der Waals surface area contributed by atoms with Crippen LogP contribution in [0.25, 0.3) is 5.57 Å². The minimum Gasteiger partial charge on any atom is -0.503 e. The molecule has 0 aromatic heterocycles. The molecule has 0 radical (unpaired) electrons. The molecular weight excluding hydrogens is 318 g/mol. The molecule has 25 heavy (non-hydrogen) atoms. The highest BCUT2D eigenvalue weighted by atomic mass is 16.4. The largest absolute Gasteiger partial charge is 0.503 e. The van der Waals surface area contributed by atoms with Crippen LogP contribution in [0.1, 0.15) is 52.5 Å². The fourth-order valence-electron chi connectivity index (χ4n) is 3.49. The Labute approximate surface area is 149 Å². The van der Waals surface area contributed by atoms with Crippen molar-refractivity contribution in [3.8, 4) is 0 Å². The van der Waals surface area contributed by atoms with E-state index in [1.54, 1.807) is 0 Å². The molecule has 2 atom stereocenters. The summed E-state index contributed by atoms with van der Waals surface area (Å²) in [4.78, 5) is 26.0. The van der Waals surface area contributed by atoms with E-state index in [1.807, 2.05) is 58.0 Å². The van der Waals surface area contributed by atoms with E-state index in [0.717, 1.165) is 12.0 Å². The third-order valence-electron chi connectivity index (χ3n) is 4.60. The molecule has 0 saturated carbocycles. The average Bonchev–Trinajstić information content (AvgIpc) is 2.81. The van der Waals surface area contributed by atoms with Gasteiger partial charge >= 0.3 is 5.97 Å². The third kappa shape index (κ3) is 3.70. The van der Waals surface area contributed by atoms with Gasteiger partial charge in [-0.25, -0.2) is 4.79 Å². The molecule has 1 heterocycles. The molecule has 0 fully saturated rings. The van der Waals surface area contributed by atoms with Crippen molar-refractivity contribution in [2.45, 2.75) is 59.0 Å². The first-order valence-corrected chi connectivity index (χ1v) is 8.74. The standard InChI is InChI=1S/C20H27NO4/c1-5-6-12-14(19(24)25)21-17(20(2,3)4)15(16(22)18(21)23)13-10-8-7-9-11-13/h7-11,14,17,22H,5-6,12H2,1-4H3,(H,24,25). The number of aliphatic carboxylic acids is 1. The normalized spacial score (nSPS) is 19.4. The van der Waals surface area contributed by atoms with Gasteiger partial charge in [0.2, 0.25) is 0 Å². The number of hydrogen-bond donors (Lipinski definition) is 2. The zero-order valence-electron chi connectivity index (χ0n) is 15.3. The lowest BCUT2D eigenvalue weighted by atomic mass is 9.79. The Bertz CT molecular complexity index is 673. The van der Waals surface area contributed by atoms with Gasteiger partial charge in [0, 0.05) is 5.57 Å². The Morgan fingerprint density at radius 3 is 2.32 bits per heavy atom. The molecule has 2 rings (SSSR count). The number of aliphatic hydroxyl groups is 1. The molecule has 0 bridgehead atoms. The Kier molecular flexibility index (Phi) is 5.55. The van der Waals surface area contributed by atoms with Crippen LogP contribution in [-0.2, 0) is 9.59 Å². The minimum atomic E-state index is -1.03. The van der Waals surface area contributed by atoms with Crippen molar-refractivity contribution in [3.63, 3.8) is 0 Å². The molecule has 2 N–H and O–H groups in total. The summed E-state index contributed by atoms with van der Waals surface area (Å²) in [5.41, 5.74) is 0.835. The van der Waals surface area contributed by atoms with Crippen LogP contribution in [0.4, 0.5) is 0 Å². The third-order valence-corrected chi connectivity index (χ3v) is 4.60. The Hall–Kier alpha value is -2.30. The fourth-order valence-corrected chi connectivity index (χ4v) is 3.49. The lowest BCUT2D eigenvalue weighted by Gasteiger charge is -2.39. The highest BCUT2D eigenvalue weighted by molar-refractivity contribution is 6.07. The molecule has 0 aliphatic carbocycles. The topological polar surface area (TPSA) is 77.8 Å². The summed E-state index contributed by atoms with van der Waals surface area (Å²) < 4.78 is 0. The average molecular weight is 345 g/mol. The molecule has 136 valence electrons. The van der Waals surface area contributed by atoms with Gasteiger partial charge < -0.3 is 15.1 Å². The number of hydrogen-bond acceptors (Lipinski definition) is 3. The summed E-state index contributed by atoms with van der Waals surface area (Å²) in [6.07, 6.45) is 1.93. The predicted molar refractivity (Wildman–Crippen MR) is 97.0 cm³/mol. The highest BCUT2D eigenvalue weighted by Crippen LogP contribution is 2.43. The monoisotopic (exact) mass is 345 g/mol. The van der Waals surface area contributed by atoms with E-state index in [1.165, 1.54) is 4.90 Å². The van der Waals surface area contributed by atoms with E-state index in [9.17, 15) is 19.8 Å². The maximum Gasteiger partial charge on any atom is 0.326 e. The van der Waals surface area contributed by atoms with Crippen LogP contribution in [0, 0.1) is 5.41 Å². The number of carboxylic acid groups (broad SMARTS) is 1. The van der Waals surface area contributed by atoms with E-state index in [2.05, 4.69) is 0 Å². The van der Waals surface area contributed by atoms with E-state index in [4.69, 9.17) is 0 Å². The fraction of sp³-hybridized carbons (Fsp3) is 0.500. The number of rotatable bonds is 6. The predicted octanol–water partition coefficient (Wildman–Crippen LogP) is 3.86. The van der Waals surface area contributed by atoms with Crippen LogP contribution in [0.3, 0.4) is 0 Å². The van der Waals surface area contributed by atoms with E-state index in [0.29, 0.717) is 18.4 Å². The second-order valence-electron chi connectivity index (χ2n) is 7.61. The zero-order chi connectivity index (χ0) is 18.8. The molecule has 0 saturated heterocycles. The summed E-state index contributed by atoms with van der Waals surface area (Å²) in [6, 6.07) is 7.78. The summed E-state index contributed by atoms with van der Waals surface area (Å²) in [5, 5.41) is 20.3. The molecule has 1 aromatic rings. The van der Waals surface area contributed by atoms with Crippen molar-refractivity contribution in [1.82, 2.24) is 4.90 Å².